The van der Waals surface area contributed by atoms with Crippen LogP contribution in [0.15, 0.2) is 16.4 Å². The number of hydrogen-bond donors (Lipinski definition) is 2. The van der Waals surface area contributed by atoms with Gasteiger partial charge >= 0.3 is 11.9 Å². The van der Waals surface area contributed by atoms with Gasteiger partial charge in [-0.15, -0.1) is 0 Å². The van der Waals surface area contributed by atoms with E-state index in [1.54, 1.807) is 0 Å². The molecule has 0 aromatic carbocycles. The number of ether oxygens (including phenoxy) is 1. The zero-order valence-electron chi connectivity index (χ0n) is 12.3. The number of nitrogens with zero attached hydrogens (tertiary/aromatic N) is 2. The number of methoxy groups -OCH3 is 1. The van der Waals surface area contributed by atoms with E-state index in [4.69, 9.17) is 0 Å². The fourth-order valence-corrected chi connectivity index (χ4v) is 2.88. The first-order valence-corrected chi connectivity index (χ1v) is 6.52. The minimum Gasteiger partial charge on any atom is -0.477 e. The Morgan fingerprint density at radius 3 is 2.50 bits per heavy atom. The van der Waals surface area contributed by atoms with E-state index in [-0.39, 0.29) is 23.4 Å². The van der Waals surface area contributed by atoms with Crippen molar-refractivity contribution in [3.8, 4) is 0 Å². The van der Waals surface area contributed by atoms with E-state index < -0.39 is 35.9 Å². The molecule has 0 bridgehead atoms. The molecule has 1 saturated heterocycles. The highest BCUT2D eigenvalue weighted by atomic mass is 16.6. The Kier molecular flexibility index (Phi) is 4.18. The van der Waals surface area contributed by atoms with Crippen LogP contribution >= 0.6 is 0 Å². The predicted molar refractivity (Wildman–Crippen MR) is 71.5 cm³/mol. The van der Waals surface area contributed by atoms with Crippen molar-refractivity contribution in [2.75, 3.05) is 14.2 Å². The molecule has 1 amide bonds. The van der Waals surface area contributed by atoms with E-state index in [1.807, 2.05) is 0 Å². The molecule has 9 heteroatoms. The van der Waals surface area contributed by atoms with E-state index in [9.17, 15) is 24.6 Å². The van der Waals surface area contributed by atoms with Gasteiger partial charge in [0.25, 0.3) is 0 Å². The summed E-state index contributed by atoms with van der Waals surface area (Å²) in [5.74, 6) is -3.41. The first-order chi connectivity index (χ1) is 10.3. The Balaban J connectivity index is 2.46. The van der Waals surface area contributed by atoms with E-state index in [1.165, 1.54) is 14.0 Å². The third-order valence-electron chi connectivity index (χ3n) is 3.78. The highest BCUT2D eigenvalue weighted by molar-refractivity contribution is 6.44. The van der Waals surface area contributed by atoms with E-state index >= 15 is 0 Å². The van der Waals surface area contributed by atoms with Crippen LogP contribution in [-0.4, -0.2) is 65.0 Å². The Bertz CT molecular complexity index is 593. The maximum atomic E-state index is 12.0. The van der Waals surface area contributed by atoms with E-state index in [0.717, 1.165) is 12.0 Å². The molecule has 22 heavy (non-hydrogen) atoms. The number of fused-ring (bicyclic) bond motifs is 1. The summed E-state index contributed by atoms with van der Waals surface area (Å²) < 4.78 is 4.57. The van der Waals surface area contributed by atoms with E-state index in [0.29, 0.717) is 0 Å². The van der Waals surface area contributed by atoms with Crippen molar-refractivity contribution in [2.45, 2.75) is 25.5 Å². The number of carboxylic acids is 1. The van der Waals surface area contributed by atoms with Crippen molar-refractivity contribution in [3.05, 3.63) is 11.3 Å². The highest BCUT2D eigenvalue weighted by Gasteiger charge is 2.57. The summed E-state index contributed by atoms with van der Waals surface area (Å²) in [7, 11) is 2.33. The molecule has 2 rings (SSSR count). The highest BCUT2D eigenvalue weighted by Crippen LogP contribution is 2.44. The lowest BCUT2D eigenvalue weighted by Gasteiger charge is -2.44. The number of rotatable bonds is 5. The Labute approximate surface area is 125 Å². The van der Waals surface area contributed by atoms with Crippen LogP contribution in [-0.2, 0) is 24.0 Å². The summed E-state index contributed by atoms with van der Waals surface area (Å²) in [5, 5.41) is 22.5. The van der Waals surface area contributed by atoms with Crippen molar-refractivity contribution in [3.63, 3.8) is 0 Å². The van der Waals surface area contributed by atoms with Crippen molar-refractivity contribution in [1.82, 2.24) is 4.90 Å². The summed E-state index contributed by atoms with van der Waals surface area (Å²) in [6.07, 6.45) is -0.829. The van der Waals surface area contributed by atoms with Gasteiger partial charge in [-0.3, -0.25) is 4.79 Å². The number of carbonyl (C=O) groups excluding carboxylic acids is 2. The molecule has 2 heterocycles. The summed E-state index contributed by atoms with van der Waals surface area (Å²) in [6, 6.07) is -0.514. The molecule has 0 aromatic rings. The lowest BCUT2D eigenvalue weighted by molar-refractivity contribution is -0.161. The maximum absolute atomic E-state index is 12.0. The number of esters is 1. The van der Waals surface area contributed by atoms with Crippen molar-refractivity contribution >= 4 is 23.6 Å². The van der Waals surface area contributed by atoms with Crippen molar-refractivity contribution in [2.24, 2.45) is 11.1 Å². The van der Waals surface area contributed by atoms with Gasteiger partial charge in [-0.1, -0.05) is 5.16 Å². The molecule has 9 nitrogen and oxygen atoms in total. The van der Waals surface area contributed by atoms with Crippen LogP contribution in [0.5, 0.6) is 0 Å². The molecular weight excluding hydrogens is 296 g/mol. The molecular formula is C13H16N2O7. The molecule has 2 aliphatic heterocycles. The topological polar surface area (TPSA) is 126 Å². The number of carbonyl (C=O) groups is 3. The van der Waals surface area contributed by atoms with Gasteiger partial charge in [0.2, 0.25) is 5.91 Å². The van der Waals surface area contributed by atoms with Gasteiger partial charge in [-0.2, -0.15) is 0 Å². The molecule has 1 fully saturated rings. The normalized spacial score (nSPS) is 25.5. The van der Waals surface area contributed by atoms with Gasteiger partial charge in [0.1, 0.15) is 12.8 Å². The Hall–Kier alpha value is -2.42. The minimum atomic E-state index is -1.36. The Morgan fingerprint density at radius 2 is 2.05 bits per heavy atom. The van der Waals surface area contributed by atoms with Gasteiger partial charge in [-0.05, 0) is 13.3 Å². The second kappa shape index (κ2) is 5.76. The van der Waals surface area contributed by atoms with Crippen LogP contribution in [0.2, 0.25) is 0 Å². The number of hydrogen-bond acceptors (Lipinski definition) is 7. The minimum absolute atomic E-state index is 0.0581. The number of oxime groups is 1. The average Bonchev–Trinajstić information content (AvgIpc) is 2.78. The monoisotopic (exact) mass is 312 g/mol. The second-order valence-corrected chi connectivity index (χ2v) is 4.99. The second-order valence-electron chi connectivity index (χ2n) is 4.99. The van der Waals surface area contributed by atoms with Gasteiger partial charge in [0, 0.05) is 5.57 Å². The van der Waals surface area contributed by atoms with Crippen molar-refractivity contribution < 1.29 is 34.2 Å². The van der Waals surface area contributed by atoms with Crippen LogP contribution in [0.1, 0.15) is 13.3 Å². The number of aliphatic hydroxyl groups is 1. The molecule has 2 aliphatic rings. The quantitative estimate of drug-likeness (QED) is 0.292. The largest absolute Gasteiger partial charge is 0.477 e. The number of amides is 1. The SMILES string of the molecule is CO/N=C(\C(=O)OC)C1=C(C(=O)O)N2C(=O)[C@H]([C@@H](C)O)[C@H]2C1. The van der Waals surface area contributed by atoms with Gasteiger partial charge in [0.15, 0.2) is 5.71 Å². The number of aliphatic carboxylic acids is 1. The molecule has 0 radical (unpaired) electrons. The number of carboxylic acid groups (broad SMARTS) is 1. The molecule has 120 valence electrons. The average molecular weight is 312 g/mol. The molecule has 0 unspecified atom stereocenters. The smallest absolute Gasteiger partial charge is 0.360 e. The van der Waals surface area contributed by atoms with Crippen LogP contribution in [0.3, 0.4) is 0 Å². The lowest BCUT2D eigenvalue weighted by atomic mass is 9.82. The summed E-state index contributed by atoms with van der Waals surface area (Å²) in [5.41, 5.74) is -0.565. The van der Waals surface area contributed by atoms with Crippen LogP contribution in [0.25, 0.3) is 0 Å². The molecule has 0 saturated carbocycles. The predicted octanol–water partition coefficient (Wildman–Crippen LogP) is -0.888. The standard InChI is InChI=1S/C13H16N2O7/c1-5(16)8-7-4-6(9(14-22-3)13(20)21-2)10(12(18)19)15(7)11(8)17/h5,7-8,16H,4H2,1-3H3,(H,18,19)/b14-9-/t5-,7-,8-/m1/s1. The third-order valence-corrected chi connectivity index (χ3v) is 3.78. The number of aliphatic hydroxyl groups excluding tert-OH is 1. The van der Waals surface area contributed by atoms with Crippen LogP contribution in [0.4, 0.5) is 0 Å². The lowest BCUT2D eigenvalue weighted by Crippen LogP contribution is -2.61. The summed E-state index contributed by atoms with van der Waals surface area (Å²) in [6.45, 7) is 1.46. The van der Waals surface area contributed by atoms with Crippen molar-refractivity contribution in [1.29, 1.82) is 0 Å². The first-order valence-electron chi connectivity index (χ1n) is 6.52. The maximum Gasteiger partial charge on any atom is 0.360 e. The molecule has 0 aliphatic carbocycles. The summed E-state index contributed by atoms with van der Waals surface area (Å²) in [4.78, 5) is 40.9. The van der Waals surface area contributed by atoms with Gasteiger partial charge in [-0.25, -0.2) is 9.59 Å². The number of β-lactam (4-membered cyclic amide) rings is 1. The van der Waals surface area contributed by atoms with Crippen LogP contribution in [0, 0.1) is 5.92 Å². The molecule has 2 N–H and O–H groups in total. The molecule has 0 spiro atoms. The Morgan fingerprint density at radius 1 is 1.41 bits per heavy atom. The first kappa shape index (κ1) is 16.0. The summed E-state index contributed by atoms with van der Waals surface area (Å²) >= 11 is 0. The third kappa shape index (κ3) is 2.23. The van der Waals surface area contributed by atoms with Crippen LogP contribution < -0.4 is 0 Å². The van der Waals surface area contributed by atoms with Gasteiger partial charge < -0.3 is 24.7 Å². The molecule has 3 atom stereocenters. The fourth-order valence-electron chi connectivity index (χ4n) is 2.88. The van der Waals surface area contributed by atoms with Gasteiger partial charge in [0.05, 0.1) is 25.2 Å². The zero-order valence-corrected chi connectivity index (χ0v) is 12.3. The fraction of sp³-hybridized carbons (Fsp3) is 0.538. The van der Waals surface area contributed by atoms with E-state index in [2.05, 4.69) is 14.7 Å². The zero-order chi connectivity index (χ0) is 16.6. The molecule has 0 aromatic heterocycles.